The summed E-state index contributed by atoms with van der Waals surface area (Å²) in [6.45, 7) is 12.1. The molecular formula is C24H35BrClNO2Si. The third-order valence-corrected chi connectivity index (χ3v) is 8.66. The lowest BCUT2D eigenvalue weighted by Crippen LogP contribution is -2.45. The molecule has 1 heterocycles. The Kier molecular flexibility index (Phi) is 7.80. The van der Waals surface area contributed by atoms with E-state index in [9.17, 15) is 4.79 Å². The van der Waals surface area contributed by atoms with Crippen LogP contribution in [0.2, 0.25) is 10.1 Å². The van der Waals surface area contributed by atoms with Crippen molar-refractivity contribution >= 4 is 43.2 Å². The molecule has 0 N–H and O–H groups in total. The molecule has 1 saturated carbocycles. The van der Waals surface area contributed by atoms with E-state index in [1.54, 1.807) is 0 Å². The minimum absolute atomic E-state index is 0.0640. The van der Waals surface area contributed by atoms with Gasteiger partial charge in [-0.2, -0.15) is 0 Å². The topological polar surface area (TPSA) is 29.5 Å². The number of carbonyl (C=O) groups excluding carboxylic acids is 1. The van der Waals surface area contributed by atoms with Crippen molar-refractivity contribution in [2.75, 3.05) is 6.54 Å². The molecule has 2 aliphatic rings. The maximum Gasteiger partial charge on any atom is 0.236 e. The van der Waals surface area contributed by atoms with E-state index in [-0.39, 0.29) is 16.6 Å². The predicted octanol–water partition coefficient (Wildman–Crippen LogP) is 6.69. The highest BCUT2D eigenvalue weighted by atomic mass is 79.9. The van der Waals surface area contributed by atoms with Gasteiger partial charge in [-0.1, -0.05) is 54.4 Å². The van der Waals surface area contributed by atoms with Crippen LogP contribution in [0.5, 0.6) is 0 Å². The van der Waals surface area contributed by atoms with E-state index in [4.69, 9.17) is 16.0 Å². The number of halogens is 2. The maximum absolute atomic E-state index is 13.1. The van der Waals surface area contributed by atoms with Gasteiger partial charge in [0.15, 0.2) is 0 Å². The average molecular weight is 513 g/mol. The van der Waals surface area contributed by atoms with Crippen LogP contribution in [0, 0.1) is 11.8 Å². The molecule has 2 fully saturated rings. The zero-order valence-corrected chi connectivity index (χ0v) is 22.3. The molecule has 0 spiro atoms. The van der Waals surface area contributed by atoms with Crippen LogP contribution in [-0.4, -0.2) is 38.8 Å². The summed E-state index contributed by atoms with van der Waals surface area (Å²) in [4.78, 5) is 15.3. The van der Waals surface area contributed by atoms with Crippen molar-refractivity contribution in [3.63, 3.8) is 0 Å². The molecule has 1 unspecified atom stereocenters. The first-order valence-electron chi connectivity index (χ1n) is 11.2. The minimum Gasteiger partial charge on any atom is -0.412 e. The molecule has 1 saturated heterocycles. The van der Waals surface area contributed by atoms with Gasteiger partial charge in [-0.05, 0) is 81.0 Å². The fourth-order valence-corrected chi connectivity index (χ4v) is 6.20. The van der Waals surface area contributed by atoms with Crippen molar-refractivity contribution in [3.05, 3.63) is 33.3 Å². The second-order valence-corrected chi connectivity index (χ2v) is 13.8. The molecule has 1 amide bonds. The Morgan fingerprint density at radius 2 is 1.80 bits per heavy atom. The summed E-state index contributed by atoms with van der Waals surface area (Å²) >= 11 is 9.84. The van der Waals surface area contributed by atoms with Crippen LogP contribution in [0.3, 0.4) is 0 Å². The zero-order chi connectivity index (χ0) is 22.1. The Morgan fingerprint density at radius 1 is 1.13 bits per heavy atom. The lowest BCUT2D eigenvalue weighted by atomic mass is 9.77. The van der Waals surface area contributed by atoms with Crippen molar-refractivity contribution in [1.29, 1.82) is 0 Å². The third-order valence-electron chi connectivity index (χ3n) is 6.57. The maximum atomic E-state index is 13.1. The van der Waals surface area contributed by atoms with E-state index >= 15 is 0 Å². The van der Waals surface area contributed by atoms with Crippen LogP contribution < -0.4 is 0 Å². The standard InChI is InChI=1S/C24H35BrClNO2Si/c1-23(2,3)30-29-24(4,5)18-7-10-20(11-8-18)27-13-12-17(22(27)28)14-16-6-9-19(25)15-21(16)26/h6,9,15,17-18,20H,7-8,10-14H2,1-5H3. The summed E-state index contributed by atoms with van der Waals surface area (Å²) in [5, 5.41) is 0.956. The van der Waals surface area contributed by atoms with Crippen molar-refractivity contribution in [2.45, 2.75) is 89.8 Å². The predicted molar refractivity (Wildman–Crippen MR) is 129 cm³/mol. The van der Waals surface area contributed by atoms with Gasteiger partial charge in [-0.25, -0.2) is 0 Å². The molecule has 0 bridgehead atoms. The minimum atomic E-state index is -0.0907. The van der Waals surface area contributed by atoms with Gasteiger partial charge >= 0.3 is 0 Å². The molecule has 1 atom stereocenters. The van der Waals surface area contributed by atoms with Gasteiger partial charge in [0.2, 0.25) is 15.7 Å². The zero-order valence-electron chi connectivity index (χ0n) is 18.9. The first kappa shape index (κ1) is 24.3. The number of rotatable bonds is 6. The van der Waals surface area contributed by atoms with Gasteiger partial charge in [-0.15, -0.1) is 0 Å². The number of likely N-dealkylation sites (tertiary alicyclic amines) is 1. The van der Waals surface area contributed by atoms with Crippen molar-refractivity contribution in [1.82, 2.24) is 4.90 Å². The van der Waals surface area contributed by atoms with Crippen molar-refractivity contribution < 1.29 is 9.22 Å². The average Bonchev–Trinajstić information content (AvgIpc) is 3.02. The number of hydrogen-bond acceptors (Lipinski definition) is 2. The quantitative estimate of drug-likeness (QED) is 0.398. The normalized spacial score (nSPS) is 25.8. The van der Waals surface area contributed by atoms with Crippen LogP contribution in [0.1, 0.15) is 72.3 Å². The molecule has 30 heavy (non-hydrogen) atoms. The highest BCUT2D eigenvalue weighted by Gasteiger charge is 2.40. The Morgan fingerprint density at radius 3 is 2.40 bits per heavy atom. The lowest BCUT2D eigenvalue weighted by molar-refractivity contribution is -0.133. The van der Waals surface area contributed by atoms with E-state index in [1.807, 2.05) is 18.2 Å². The molecule has 1 aromatic carbocycles. The van der Waals surface area contributed by atoms with Gasteiger partial charge in [0.1, 0.15) is 0 Å². The largest absolute Gasteiger partial charge is 0.412 e. The monoisotopic (exact) mass is 511 g/mol. The molecule has 6 heteroatoms. The molecule has 1 aliphatic carbocycles. The Hall–Kier alpha value is -0.363. The van der Waals surface area contributed by atoms with Crippen LogP contribution in [0.25, 0.3) is 0 Å². The summed E-state index contributed by atoms with van der Waals surface area (Å²) in [6, 6.07) is 6.34. The molecule has 166 valence electrons. The fourth-order valence-electron chi connectivity index (χ4n) is 4.72. The smallest absolute Gasteiger partial charge is 0.236 e. The second-order valence-electron chi connectivity index (χ2n) is 10.5. The lowest BCUT2D eigenvalue weighted by Gasteiger charge is -2.42. The van der Waals surface area contributed by atoms with E-state index < -0.39 is 0 Å². The molecule has 1 aromatic rings. The molecule has 0 aromatic heterocycles. The van der Waals surface area contributed by atoms with Crippen molar-refractivity contribution in [3.8, 4) is 0 Å². The number of benzene rings is 1. The summed E-state index contributed by atoms with van der Waals surface area (Å²) in [5.74, 6) is 0.954. The highest BCUT2D eigenvalue weighted by Crippen LogP contribution is 2.39. The number of amides is 1. The van der Waals surface area contributed by atoms with Crippen LogP contribution in [0.4, 0.5) is 0 Å². The first-order chi connectivity index (χ1) is 14.0. The SMILES string of the molecule is CC(C)(C)[Si]OC(C)(C)C1CCC(N2CCC(Cc3ccc(Br)cc3Cl)C2=O)CC1. The summed E-state index contributed by atoms with van der Waals surface area (Å²) in [6.07, 6.45) is 6.14. The van der Waals surface area contributed by atoms with Gasteiger partial charge in [-0.3, -0.25) is 4.79 Å². The molecule has 2 radical (unpaired) electrons. The molecular weight excluding hydrogens is 478 g/mol. The number of nitrogens with zero attached hydrogens (tertiary/aromatic N) is 1. The summed E-state index contributed by atoms with van der Waals surface area (Å²) < 4.78 is 7.32. The Balaban J connectivity index is 1.53. The van der Waals surface area contributed by atoms with Crippen LogP contribution >= 0.6 is 27.5 Å². The van der Waals surface area contributed by atoms with E-state index in [0.717, 1.165) is 60.1 Å². The van der Waals surface area contributed by atoms with E-state index in [2.05, 4.69) is 55.4 Å². The van der Waals surface area contributed by atoms with Crippen LogP contribution in [0.15, 0.2) is 22.7 Å². The van der Waals surface area contributed by atoms with Gasteiger partial charge in [0, 0.05) is 28.0 Å². The first-order valence-corrected chi connectivity index (χ1v) is 13.2. The van der Waals surface area contributed by atoms with Gasteiger partial charge in [0.25, 0.3) is 0 Å². The molecule has 1 aliphatic heterocycles. The fraction of sp³-hybridized carbons (Fsp3) is 0.708. The molecule has 3 nitrogen and oxygen atoms in total. The Labute approximate surface area is 198 Å². The highest BCUT2D eigenvalue weighted by molar-refractivity contribution is 9.10. The summed E-state index contributed by atoms with van der Waals surface area (Å²) in [5.41, 5.74) is 0.981. The number of hydrogen-bond donors (Lipinski definition) is 0. The Bertz CT molecular complexity index is 756. The second kappa shape index (κ2) is 9.64. The number of carbonyl (C=O) groups is 1. The van der Waals surface area contributed by atoms with Gasteiger partial charge < -0.3 is 9.33 Å². The van der Waals surface area contributed by atoms with Crippen molar-refractivity contribution in [2.24, 2.45) is 11.8 Å². The third kappa shape index (κ3) is 6.11. The van der Waals surface area contributed by atoms with Crippen LogP contribution in [-0.2, 0) is 15.6 Å². The van der Waals surface area contributed by atoms with Gasteiger partial charge in [0.05, 0.1) is 5.60 Å². The van der Waals surface area contributed by atoms with E-state index in [1.165, 1.54) is 0 Å². The summed E-state index contributed by atoms with van der Waals surface area (Å²) in [7, 11) is 0.515. The molecule has 3 rings (SSSR count). The van der Waals surface area contributed by atoms with E-state index in [0.29, 0.717) is 27.6 Å².